The molecule has 23 heavy (non-hydrogen) atoms. The predicted molar refractivity (Wildman–Crippen MR) is 79.5 cm³/mol. The SMILES string of the molecule is C1CCCC1.C1CCCC1.[C-]#[O+].[C-]#[O+].[CH-]=CC(=O)OCC.[Ru+2].[Ru+]. The largest absolute Gasteiger partial charge is 2.00 e. The first kappa shape index (κ1) is 34.3. The van der Waals surface area contributed by atoms with E-state index in [4.69, 9.17) is 15.9 Å². The molecule has 0 aromatic rings. The molecule has 2 aliphatic rings. The van der Waals surface area contributed by atoms with E-state index in [-0.39, 0.29) is 39.0 Å². The fourth-order valence-corrected chi connectivity index (χ4v) is 1.96. The third-order valence-electron chi connectivity index (χ3n) is 2.92. The molecular formula is C17H27O4Ru2+2. The predicted octanol–water partition coefficient (Wildman–Crippen LogP) is 4.36. The van der Waals surface area contributed by atoms with Gasteiger partial charge < -0.3 is 9.53 Å². The topological polar surface area (TPSA) is 66.1 Å². The van der Waals surface area contributed by atoms with Crippen LogP contribution < -0.4 is 0 Å². The molecule has 0 aliphatic heterocycles. The minimum absolute atomic E-state index is 0. The second-order valence-electron chi connectivity index (χ2n) is 4.45. The van der Waals surface area contributed by atoms with E-state index < -0.39 is 5.97 Å². The van der Waals surface area contributed by atoms with Crippen LogP contribution in [0.2, 0.25) is 0 Å². The minimum Gasteiger partial charge on any atom is -0.548 e. The Morgan fingerprint density at radius 2 is 1.13 bits per heavy atom. The third-order valence-corrected chi connectivity index (χ3v) is 2.92. The van der Waals surface area contributed by atoms with Crippen LogP contribution in [-0.2, 0) is 57.8 Å². The Balaban J connectivity index is -0.0000000615. The summed E-state index contributed by atoms with van der Waals surface area (Å²) >= 11 is 0. The van der Waals surface area contributed by atoms with Crippen molar-refractivity contribution in [1.29, 1.82) is 0 Å². The van der Waals surface area contributed by atoms with Gasteiger partial charge in [0.05, 0.1) is 6.61 Å². The fourth-order valence-electron chi connectivity index (χ4n) is 1.96. The summed E-state index contributed by atoms with van der Waals surface area (Å²) in [6.45, 7) is 15.9. The van der Waals surface area contributed by atoms with Gasteiger partial charge in [-0.25, -0.2) is 0 Å². The van der Waals surface area contributed by atoms with E-state index in [0.29, 0.717) is 6.61 Å². The third kappa shape index (κ3) is 39.1. The summed E-state index contributed by atoms with van der Waals surface area (Å²) in [6, 6.07) is 0. The van der Waals surface area contributed by atoms with Crippen molar-refractivity contribution in [3.63, 3.8) is 0 Å². The van der Waals surface area contributed by atoms with Gasteiger partial charge in [-0.05, 0) is 6.92 Å². The Morgan fingerprint density at radius 3 is 1.22 bits per heavy atom. The normalized spacial score (nSPS) is 12.9. The Hall–Kier alpha value is -0.0632. The van der Waals surface area contributed by atoms with Crippen LogP contribution in [0.1, 0.15) is 71.1 Å². The van der Waals surface area contributed by atoms with E-state index in [2.05, 4.69) is 18.0 Å². The second kappa shape index (κ2) is 37.9. The molecule has 0 N–H and O–H groups in total. The number of carbonyl (C=O) groups excluding carboxylic acids is 1. The first-order valence-electron chi connectivity index (χ1n) is 7.43. The second-order valence-corrected chi connectivity index (χ2v) is 4.45. The molecule has 4 nitrogen and oxygen atoms in total. The summed E-state index contributed by atoms with van der Waals surface area (Å²) in [7, 11) is 0. The van der Waals surface area contributed by atoms with Crippen molar-refractivity contribution in [2.75, 3.05) is 6.61 Å². The van der Waals surface area contributed by atoms with Crippen LogP contribution in [0.15, 0.2) is 6.08 Å². The van der Waals surface area contributed by atoms with Gasteiger partial charge in [0.25, 0.3) is 0 Å². The van der Waals surface area contributed by atoms with Crippen molar-refractivity contribution in [1.82, 2.24) is 0 Å². The molecule has 0 unspecified atom stereocenters. The molecule has 6 heteroatoms. The van der Waals surface area contributed by atoms with Gasteiger partial charge in [-0.1, -0.05) is 64.2 Å². The van der Waals surface area contributed by atoms with Crippen LogP contribution in [0.5, 0.6) is 0 Å². The summed E-state index contributed by atoms with van der Waals surface area (Å²) in [5, 5.41) is 0. The molecule has 2 saturated carbocycles. The molecule has 0 atom stereocenters. The van der Waals surface area contributed by atoms with Gasteiger partial charge in [-0.2, -0.15) is 6.08 Å². The van der Waals surface area contributed by atoms with E-state index in [9.17, 15) is 4.79 Å². The van der Waals surface area contributed by atoms with Gasteiger partial charge >= 0.3 is 61.6 Å². The Labute approximate surface area is 167 Å². The zero-order valence-corrected chi connectivity index (χ0v) is 17.2. The molecular weight excluding hydrogens is 470 g/mol. The Morgan fingerprint density at radius 1 is 0.913 bits per heavy atom. The Bertz CT molecular complexity index is 227. The van der Waals surface area contributed by atoms with Crippen molar-refractivity contribution in [2.24, 2.45) is 0 Å². The quantitative estimate of drug-likeness (QED) is 0.187. The molecule has 0 spiro atoms. The van der Waals surface area contributed by atoms with Crippen molar-refractivity contribution >= 4 is 5.97 Å². The summed E-state index contributed by atoms with van der Waals surface area (Å²) in [5.74, 6) is -0.470. The van der Waals surface area contributed by atoms with Crippen molar-refractivity contribution < 1.29 is 57.8 Å². The van der Waals surface area contributed by atoms with Gasteiger partial charge in [-0.3, -0.25) is 6.58 Å². The number of ether oxygens (including phenoxy) is 1. The molecule has 0 heterocycles. The maximum Gasteiger partial charge on any atom is 2.00 e. The Kier molecular flexibility index (Phi) is 56.5. The molecule has 133 valence electrons. The van der Waals surface area contributed by atoms with E-state index >= 15 is 0 Å². The zero-order chi connectivity index (χ0) is 16.8. The van der Waals surface area contributed by atoms with Gasteiger partial charge in [0, 0.05) is 0 Å². The van der Waals surface area contributed by atoms with Crippen LogP contribution in [0.3, 0.4) is 0 Å². The van der Waals surface area contributed by atoms with E-state index in [1.807, 2.05) is 0 Å². The first-order chi connectivity index (χ1) is 10.3. The van der Waals surface area contributed by atoms with E-state index in [0.717, 1.165) is 6.08 Å². The van der Waals surface area contributed by atoms with E-state index in [1.54, 1.807) is 6.92 Å². The molecule has 1 radical (unpaired) electrons. The molecule has 0 aromatic carbocycles. The average Bonchev–Trinajstić information content (AvgIpc) is 3.29. The number of hydrogen-bond donors (Lipinski definition) is 0. The van der Waals surface area contributed by atoms with Gasteiger partial charge in [0.15, 0.2) is 5.97 Å². The first-order valence-corrected chi connectivity index (χ1v) is 7.43. The number of hydrogen-bond acceptors (Lipinski definition) is 2. The summed E-state index contributed by atoms with van der Waals surface area (Å²) in [5.41, 5.74) is 0. The van der Waals surface area contributed by atoms with Crippen LogP contribution in [-0.4, -0.2) is 12.6 Å². The molecule has 2 rings (SSSR count). The van der Waals surface area contributed by atoms with Crippen molar-refractivity contribution in [3.05, 3.63) is 26.0 Å². The molecule has 0 amide bonds. The van der Waals surface area contributed by atoms with Crippen LogP contribution in [0, 0.1) is 19.9 Å². The molecule has 0 bridgehead atoms. The van der Waals surface area contributed by atoms with Crippen LogP contribution >= 0.6 is 0 Å². The van der Waals surface area contributed by atoms with Gasteiger partial charge in [-0.15, -0.1) is 0 Å². The molecule has 2 aliphatic carbocycles. The number of carbonyl (C=O) groups is 1. The molecule has 2 fully saturated rings. The van der Waals surface area contributed by atoms with Gasteiger partial charge in [0.2, 0.25) is 0 Å². The number of esters is 1. The van der Waals surface area contributed by atoms with Crippen LogP contribution in [0.4, 0.5) is 0 Å². The van der Waals surface area contributed by atoms with Gasteiger partial charge in [0.1, 0.15) is 0 Å². The zero-order valence-electron chi connectivity index (χ0n) is 13.8. The van der Waals surface area contributed by atoms with Crippen LogP contribution in [0.25, 0.3) is 0 Å². The monoisotopic (exact) mass is 499 g/mol. The maximum atomic E-state index is 10.0. The molecule has 0 aromatic heterocycles. The van der Waals surface area contributed by atoms with Crippen molar-refractivity contribution in [2.45, 2.75) is 71.1 Å². The summed E-state index contributed by atoms with van der Waals surface area (Å²) in [6.07, 6.45) is 15.9. The fraction of sp³-hybridized carbons (Fsp3) is 0.706. The minimum atomic E-state index is -0.470. The van der Waals surface area contributed by atoms with E-state index in [1.165, 1.54) is 64.2 Å². The van der Waals surface area contributed by atoms with Crippen molar-refractivity contribution in [3.8, 4) is 0 Å². The standard InChI is InChI=1S/C5H7O2.2C5H10.2CO.2Ru/c1-3-5(6)7-4-2;2*1-2-4-5-3-1;2*1-2;;/h1,3H,4H2,2H3;2*1-5H2;;;;/q-1;;;;;+1;+2. The number of rotatable bonds is 2. The smallest absolute Gasteiger partial charge is 0.548 e. The average molecular weight is 498 g/mol. The maximum absolute atomic E-state index is 10.0. The summed E-state index contributed by atoms with van der Waals surface area (Å²) in [4.78, 5) is 10.0. The molecule has 0 saturated heterocycles. The summed E-state index contributed by atoms with van der Waals surface area (Å²) < 4.78 is 19.4.